The number of amides is 1. The zero-order valence-corrected chi connectivity index (χ0v) is 18.3. The number of carbonyl (C=O) groups is 1. The van der Waals surface area contributed by atoms with E-state index in [2.05, 4.69) is 14.9 Å². The molecule has 3 aromatic heterocycles. The molecule has 0 radical (unpaired) electrons. The minimum atomic E-state index is -0.284. The normalized spacial score (nSPS) is 12.1. The molecule has 1 atom stereocenters. The second kappa shape index (κ2) is 8.68. The van der Waals surface area contributed by atoms with E-state index in [1.165, 1.54) is 0 Å². The number of hydrogen-bond donors (Lipinski definition) is 1. The van der Waals surface area contributed by atoms with Crippen molar-refractivity contribution in [1.82, 2.24) is 14.9 Å². The topological polar surface area (TPSA) is 69.3 Å². The van der Waals surface area contributed by atoms with E-state index in [1.807, 2.05) is 76.2 Å². The van der Waals surface area contributed by atoms with Gasteiger partial charge in [-0.05, 0) is 58.0 Å². The van der Waals surface area contributed by atoms with Gasteiger partial charge in [-0.2, -0.15) is 0 Å². The van der Waals surface area contributed by atoms with Crippen molar-refractivity contribution in [2.24, 2.45) is 0 Å². The average molecular weight is 418 g/mol. The quantitative estimate of drug-likeness (QED) is 0.450. The summed E-state index contributed by atoms with van der Waals surface area (Å²) < 4.78 is 13.8. The Morgan fingerprint density at radius 1 is 1.19 bits per heavy atom. The lowest BCUT2D eigenvalue weighted by Gasteiger charge is -2.12. The van der Waals surface area contributed by atoms with Gasteiger partial charge in [-0.3, -0.25) is 9.78 Å². The van der Waals surface area contributed by atoms with E-state index < -0.39 is 0 Å². The molecule has 6 heteroatoms. The molecule has 1 N–H and O–H groups in total. The van der Waals surface area contributed by atoms with Crippen molar-refractivity contribution in [2.75, 3.05) is 6.61 Å². The summed E-state index contributed by atoms with van der Waals surface area (Å²) in [5.41, 5.74) is 4.25. The molecule has 1 amide bonds. The van der Waals surface area contributed by atoms with Crippen LogP contribution in [-0.4, -0.2) is 22.1 Å². The summed E-state index contributed by atoms with van der Waals surface area (Å²) in [6, 6.07) is 15.2. The first-order chi connectivity index (χ1) is 15.0. The van der Waals surface area contributed by atoms with Crippen LogP contribution in [0.2, 0.25) is 0 Å². The van der Waals surface area contributed by atoms with Gasteiger partial charge < -0.3 is 19.0 Å². The van der Waals surface area contributed by atoms with Crippen LogP contribution in [0.15, 0.2) is 59.1 Å². The third-order valence-corrected chi connectivity index (χ3v) is 5.47. The van der Waals surface area contributed by atoms with Gasteiger partial charge in [-0.1, -0.05) is 18.2 Å². The maximum Gasteiger partial charge on any atom is 0.253 e. The number of nitrogens with one attached hydrogen (secondary N) is 1. The summed E-state index contributed by atoms with van der Waals surface area (Å²) >= 11 is 0. The van der Waals surface area contributed by atoms with Gasteiger partial charge in [0.15, 0.2) is 11.3 Å². The molecular formula is C25H27N3O3. The predicted octanol–water partition coefficient (Wildman–Crippen LogP) is 5.18. The first kappa shape index (κ1) is 20.7. The summed E-state index contributed by atoms with van der Waals surface area (Å²) in [5.74, 6) is 1.28. The number of nitrogens with zero attached hydrogens (tertiary/aromatic N) is 2. The van der Waals surface area contributed by atoms with Crippen LogP contribution in [0, 0.1) is 13.8 Å². The van der Waals surface area contributed by atoms with Gasteiger partial charge in [0.25, 0.3) is 5.91 Å². The highest BCUT2D eigenvalue weighted by Gasteiger charge is 2.20. The van der Waals surface area contributed by atoms with Crippen molar-refractivity contribution in [3.8, 4) is 5.75 Å². The highest BCUT2D eigenvalue weighted by atomic mass is 16.5. The first-order valence-corrected chi connectivity index (χ1v) is 10.5. The smallest absolute Gasteiger partial charge is 0.253 e. The van der Waals surface area contributed by atoms with E-state index in [4.69, 9.17) is 9.15 Å². The van der Waals surface area contributed by atoms with E-state index >= 15 is 0 Å². The second-order valence-electron chi connectivity index (χ2n) is 7.64. The fourth-order valence-electron chi connectivity index (χ4n) is 3.81. The molecule has 31 heavy (non-hydrogen) atoms. The van der Waals surface area contributed by atoms with E-state index in [9.17, 15) is 4.79 Å². The number of hydrogen-bond acceptors (Lipinski definition) is 4. The highest BCUT2D eigenvalue weighted by Crippen LogP contribution is 2.31. The van der Waals surface area contributed by atoms with Crippen LogP contribution in [0.1, 0.15) is 53.1 Å². The third kappa shape index (κ3) is 4.19. The number of carbonyl (C=O) groups excluding carboxylic acids is 1. The van der Waals surface area contributed by atoms with E-state index in [0.29, 0.717) is 35.8 Å². The molecule has 0 aliphatic rings. The number of aromatic nitrogens is 2. The van der Waals surface area contributed by atoms with Gasteiger partial charge in [0.1, 0.15) is 5.76 Å². The van der Waals surface area contributed by atoms with Crippen molar-refractivity contribution in [3.63, 3.8) is 0 Å². The van der Waals surface area contributed by atoms with Gasteiger partial charge >= 0.3 is 0 Å². The van der Waals surface area contributed by atoms with Crippen molar-refractivity contribution < 1.29 is 13.9 Å². The van der Waals surface area contributed by atoms with Crippen LogP contribution in [0.4, 0.5) is 0 Å². The van der Waals surface area contributed by atoms with Crippen LogP contribution in [-0.2, 0) is 6.54 Å². The van der Waals surface area contributed by atoms with Gasteiger partial charge in [0.05, 0.1) is 30.5 Å². The predicted molar refractivity (Wildman–Crippen MR) is 121 cm³/mol. The Kier molecular flexibility index (Phi) is 5.80. The lowest BCUT2D eigenvalue weighted by Crippen LogP contribution is -2.26. The van der Waals surface area contributed by atoms with Crippen molar-refractivity contribution in [2.45, 2.75) is 40.3 Å². The number of benzene rings is 1. The molecule has 0 bridgehead atoms. The molecule has 0 aliphatic heterocycles. The van der Waals surface area contributed by atoms with Crippen LogP contribution >= 0.6 is 0 Å². The Morgan fingerprint density at radius 3 is 2.77 bits per heavy atom. The highest BCUT2D eigenvalue weighted by molar-refractivity contribution is 5.96. The molecule has 4 aromatic rings. The number of rotatable bonds is 7. The van der Waals surface area contributed by atoms with Gasteiger partial charge in [0, 0.05) is 23.0 Å². The molecule has 1 unspecified atom stereocenters. The third-order valence-electron chi connectivity index (χ3n) is 5.47. The standard InChI is InChI=1S/C25H27N3O3/c1-5-30-22-11-8-9-19-14-23(31-24(19)22)17(3)27-25(29)21-13-16(2)28(18(21)4)15-20-10-6-7-12-26-20/h6-14,17H,5,15H2,1-4H3,(H,27,29). The number of para-hydroxylation sites is 1. The van der Waals surface area contributed by atoms with E-state index in [-0.39, 0.29) is 11.9 Å². The maximum atomic E-state index is 13.0. The monoisotopic (exact) mass is 417 g/mol. The van der Waals surface area contributed by atoms with E-state index in [1.54, 1.807) is 6.20 Å². The van der Waals surface area contributed by atoms with Crippen LogP contribution < -0.4 is 10.1 Å². The summed E-state index contributed by atoms with van der Waals surface area (Å²) in [5, 5.41) is 4.02. The molecule has 4 rings (SSSR count). The fourth-order valence-corrected chi connectivity index (χ4v) is 3.81. The Labute approximate surface area is 181 Å². The summed E-state index contributed by atoms with van der Waals surface area (Å²) in [7, 11) is 0. The molecule has 0 aliphatic carbocycles. The minimum Gasteiger partial charge on any atom is -0.490 e. The lowest BCUT2D eigenvalue weighted by atomic mass is 10.2. The molecule has 6 nitrogen and oxygen atoms in total. The Morgan fingerprint density at radius 2 is 2.03 bits per heavy atom. The summed E-state index contributed by atoms with van der Waals surface area (Å²) in [6.45, 7) is 9.02. The summed E-state index contributed by atoms with van der Waals surface area (Å²) in [4.78, 5) is 17.4. The molecule has 0 saturated heterocycles. The average Bonchev–Trinajstić information content (AvgIpc) is 3.32. The van der Waals surface area contributed by atoms with Crippen molar-refractivity contribution in [3.05, 3.63) is 83.1 Å². The van der Waals surface area contributed by atoms with Crippen LogP contribution in [0.25, 0.3) is 11.0 Å². The molecule has 0 saturated carbocycles. The number of furan rings is 1. The lowest BCUT2D eigenvalue weighted by molar-refractivity contribution is 0.0935. The number of fused-ring (bicyclic) bond motifs is 1. The number of aryl methyl sites for hydroxylation is 1. The zero-order chi connectivity index (χ0) is 22.0. The zero-order valence-electron chi connectivity index (χ0n) is 18.3. The molecular weight excluding hydrogens is 390 g/mol. The number of pyridine rings is 1. The minimum absolute atomic E-state index is 0.127. The fraction of sp³-hybridized carbons (Fsp3) is 0.280. The van der Waals surface area contributed by atoms with Crippen LogP contribution in [0.5, 0.6) is 5.75 Å². The maximum absolute atomic E-state index is 13.0. The van der Waals surface area contributed by atoms with Crippen molar-refractivity contribution in [1.29, 1.82) is 0 Å². The molecule has 1 aromatic carbocycles. The van der Waals surface area contributed by atoms with Crippen molar-refractivity contribution >= 4 is 16.9 Å². The molecule has 0 fully saturated rings. The Hall–Kier alpha value is -3.54. The second-order valence-corrected chi connectivity index (χ2v) is 7.64. The first-order valence-electron chi connectivity index (χ1n) is 10.5. The van der Waals surface area contributed by atoms with Gasteiger partial charge in [-0.25, -0.2) is 0 Å². The van der Waals surface area contributed by atoms with Crippen LogP contribution in [0.3, 0.4) is 0 Å². The largest absolute Gasteiger partial charge is 0.490 e. The number of ether oxygens (including phenoxy) is 1. The molecule has 160 valence electrons. The molecule has 3 heterocycles. The summed E-state index contributed by atoms with van der Waals surface area (Å²) in [6.07, 6.45) is 1.78. The van der Waals surface area contributed by atoms with Gasteiger partial charge in [-0.15, -0.1) is 0 Å². The SMILES string of the molecule is CCOc1cccc2cc(C(C)NC(=O)c3cc(C)n(Cc4ccccn4)c3C)oc12. The Bertz CT molecular complexity index is 1210. The van der Waals surface area contributed by atoms with Gasteiger partial charge in [0.2, 0.25) is 0 Å². The Balaban J connectivity index is 1.54. The molecule has 0 spiro atoms. The van der Waals surface area contributed by atoms with E-state index in [0.717, 1.165) is 22.5 Å².